The van der Waals surface area contributed by atoms with Gasteiger partial charge in [-0.15, -0.1) is 0 Å². The molecule has 0 aliphatic heterocycles. The van der Waals surface area contributed by atoms with E-state index < -0.39 is 6.03 Å². The Kier molecular flexibility index (Phi) is 5.49. The van der Waals surface area contributed by atoms with Crippen LogP contribution in [0.25, 0.3) is 0 Å². The summed E-state index contributed by atoms with van der Waals surface area (Å²) >= 11 is 3.45. The van der Waals surface area contributed by atoms with Crippen LogP contribution in [0.5, 0.6) is 0 Å². The van der Waals surface area contributed by atoms with Crippen LogP contribution in [0.15, 0.2) is 83.3 Å². The molecule has 0 heterocycles. The predicted molar refractivity (Wildman–Crippen MR) is 108 cm³/mol. The zero-order valence-corrected chi connectivity index (χ0v) is 15.8. The molecule has 0 aliphatic rings. The van der Waals surface area contributed by atoms with Gasteiger partial charge in [0.1, 0.15) is 0 Å². The summed E-state index contributed by atoms with van der Waals surface area (Å²) in [5, 5.41) is 0. The van der Waals surface area contributed by atoms with Crippen LogP contribution in [0.1, 0.15) is 5.56 Å². The molecule has 0 N–H and O–H groups in total. The first-order valence-corrected chi connectivity index (χ1v) is 8.86. The predicted octanol–water partition coefficient (Wildman–Crippen LogP) is 5.68. The third kappa shape index (κ3) is 3.68. The van der Waals surface area contributed by atoms with Crippen LogP contribution in [0.3, 0.4) is 0 Å². The number of anilines is 3. The van der Waals surface area contributed by atoms with Crippen molar-refractivity contribution in [2.24, 2.45) is 0 Å². The third-order valence-electron chi connectivity index (χ3n) is 3.95. The Hall–Kier alpha value is -2.92. The molecule has 26 heavy (non-hydrogen) atoms. The van der Waals surface area contributed by atoms with Gasteiger partial charge in [0.2, 0.25) is 6.41 Å². The molecule has 0 fully saturated rings. The van der Waals surface area contributed by atoms with E-state index in [4.69, 9.17) is 0 Å². The summed E-state index contributed by atoms with van der Waals surface area (Å²) in [6.07, 6.45) is 0.543. The number of para-hydroxylation sites is 2. The number of hydrogen-bond donors (Lipinski definition) is 0. The molecule has 0 aliphatic carbocycles. The Morgan fingerprint density at radius 1 is 0.885 bits per heavy atom. The Labute approximate surface area is 160 Å². The van der Waals surface area contributed by atoms with E-state index in [1.807, 2.05) is 61.5 Å². The Morgan fingerprint density at radius 3 is 2.00 bits per heavy atom. The highest BCUT2D eigenvalue weighted by molar-refractivity contribution is 9.10. The standard InChI is InChI=1S/C21H17BrN2O2/c1-16-14-17(22)12-13-20(16)24(19-10-6-3-7-11-19)21(26)23(15-25)18-8-4-2-5-9-18/h2-15H,1H3. The van der Waals surface area contributed by atoms with Gasteiger partial charge in [0.25, 0.3) is 0 Å². The van der Waals surface area contributed by atoms with E-state index in [9.17, 15) is 9.59 Å². The fraction of sp³-hybridized carbons (Fsp3) is 0.0476. The Balaban J connectivity index is 2.11. The number of benzene rings is 3. The number of urea groups is 1. The van der Waals surface area contributed by atoms with Crippen molar-refractivity contribution in [3.05, 3.63) is 88.9 Å². The van der Waals surface area contributed by atoms with E-state index in [0.717, 1.165) is 14.9 Å². The van der Waals surface area contributed by atoms with Crippen LogP contribution in [0.4, 0.5) is 21.9 Å². The maximum Gasteiger partial charge on any atom is 0.340 e. The van der Waals surface area contributed by atoms with Gasteiger partial charge in [-0.3, -0.25) is 9.69 Å². The van der Waals surface area contributed by atoms with Crippen molar-refractivity contribution < 1.29 is 9.59 Å². The number of carbonyl (C=O) groups is 2. The fourth-order valence-corrected chi connectivity index (χ4v) is 3.19. The third-order valence-corrected chi connectivity index (χ3v) is 4.44. The molecular weight excluding hydrogens is 392 g/mol. The second-order valence-corrected chi connectivity index (χ2v) is 6.61. The van der Waals surface area contributed by atoms with Crippen molar-refractivity contribution in [3.8, 4) is 0 Å². The maximum absolute atomic E-state index is 13.3. The molecule has 3 rings (SSSR count). The van der Waals surface area contributed by atoms with E-state index >= 15 is 0 Å². The first kappa shape index (κ1) is 17.9. The summed E-state index contributed by atoms with van der Waals surface area (Å²) in [5.74, 6) is 0. The smallest absolute Gasteiger partial charge is 0.278 e. The van der Waals surface area contributed by atoms with Gasteiger partial charge in [0.05, 0.1) is 17.1 Å². The summed E-state index contributed by atoms with van der Waals surface area (Å²) in [4.78, 5) is 27.7. The topological polar surface area (TPSA) is 40.6 Å². The molecule has 0 saturated carbocycles. The van der Waals surface area contributed by atoms with E-state index in [2.05, 4.69) is 15.9 Å². The number of rotatable bonds is 4. The van der Waals surface area contributed by atoms with Crippen LogP contribution < -0.4 is 9.80 Å². The number of halogens is 1. The van der Waals surface area contributed by atoms with Gasteiger partial charge in [-0.25, -0.2) is 9.69 Å². The summed E-state index contributed by atoms with van der Waals surface area (Å²) in [7, 11) is 0. The van der Waals surface area contributed by atoms with E-state index in [1.165, 1.54) is 0 Å². The van der Waals surface area contributed by atoms with Crippen molar-refractivity contribution >= 4 is 45.4 Å². The first-order chi connectivity index (χ1) is 12.6. The molecule has 3 aromatic rings. The molecule has 0 bridgehead atoms. The Bertz CT molecular complexity index is 914. The summed E-state index contributed by atoms with van der Waals surface area (Å²) in [5.41, 5.74) is 2.83. The molecule has 0 spiro atoms. The van der Waals surface area contributed by atoms with Gasteiger partial charge in [-0.1, -0.05) is 52.3 Å². The highest BCUT2D eigenvalue weighted by Gasteiger charge is 2.26. The number of imide groups is 1. The number of carbonyl (C=O) groups excluding carboxylic acids is 2. The average Bonchev–Trinajstić information content (AvgIpc) is 2.66. The molecule has 4 nitrogen and oxygen atoms in total. The molecule has 130 valence electrons. The van der Waals surface area contributed by atoms with Gasteiger partial charge >= 0.3 is 6.03 Å². The van der Waals surface area contributed by atoms with Gasteiger partial charge in [0.15, 0.2) is 0 Å². The number of nitrogens with zero attached hydrogens (tertiary/aromatic N) is 2. The van der Waals surface area contributed by atoms with Crippen LogP contribution in [0.2, 0.25) is 0 Å². The van der Waals surface area contributed by atoms with E-state index in [-0.39, 0.29) is 0 Å². The molecule has 0 atom stereocenters. The lowest BCUT2D eigenvalue weighted by atomic mass is 10.1. The van der Waals surface area contributed by atoms with E-state index in [0.29, 0.717) is 23.5 Å². The monoisotopic (exact) mass is 408 g/mol. The number of hydrogen-bond acceptors (Lipinski definition) is 2. The highest BCUT2D eigenvalue weighted by atomic mass is 79.9. The first-order valence-electron chi connectivity index (χ1n) is 8.06. The average molecular weight is 409 g/mol. The molecule has 0 aromatic heterocycles. The van der Waals surface area contributed by atoms with Crippen molar-refractivity contribution in [1.29, 1.82) is 0 Å². The zero-order chi connectivity index (χ0) is 18.5. The van der Waals surface area contributed by atoms with Crippen LogP contribution >= 0.6 is 15.9 Å². The molecule has 5 heteroatoms. The zero-order valence-electron chi connectivity index (χ0n) is 14.2. The lowest BCUT2D eigenvalue weighted by Crippen LogP contribution is -2.40. The largest absolute Gasteiger partial charge is 0.340 e. The maximum atomic E-state index is 13.3. The van der Waals surface area contributed by atoms with Crippen molar-refractivity contribution in [2.45, 2.75) is 6.92 Å². The van der Waals surface area contributed by atoms with E-state index in [1.54, 1.807) is 29.2 Å². The molecular formula is C21H17BrN2O2. The van der Waals surface area contributed by atoms with Crippen LogP contribution in [0, 0.1) is 6.92 Å². The van der Waals surface area contributed by atoms with Crippen molar-refractivity contribution in [1.82, 2.24) is 0 Å². The summed E-state index contributed by atoms with van der Waals surface area (Å²) < 4.78 is 0.925. The summed E-state index contributed by atoms with van der Waals surface area (Å²) in [6, 6.07) is 23.4. The second-order valence-electron chi connectivity index (χ2n) is 5.70. The van der Waals surface area contributed by atoms with Crippen molar-refractivity contribution in [3.63, 3.8) is 0 Å². The number of amides is 3. The minimum atomic E-state index is -0.442. The Morgan fingerprint density at radius 2 is 1.46 bits per heavy atom. The second kappa shape index (κ2) is 7.97. The number of aryl methyl sites for hydroxylation is 1. The molecule has 3 aromatic carbocycles. The molecule has 3 amide bonds. The normalized spacial score (nSPS) is 10.2. The van der Waals surface area contributed by atoms with Crippen molar-refractivity contribution in [2.75, 3.05) is 9.80 Å². The minimum Gasteiger partial charge on any atom is -0.278 e. The molecule has 0 radical (unpaired) electrons. The van der Waals surface area contributed by atoms with Gasteiger partial charge < -0.3 is 0 Å². The van der Waals surface area contributed by atoms with Gasteiger partial charge in [0, 0.05) is 4.47 Å². The van der Waals surface area contributed by atoms with Gasteiger partial charge in [-0.05, 0) is 55.0 Å². The van der Waals surface area contributed by atoms with Crippen LogP contribution in [-0.4, -0.2) is 12.4 Å². The van der Waals surface area contributed by atoms with Crippen LogP contribution in [-0.2, 0) is 4.79 Å². The minimum absolute atomic E-state index is 0.442. The lowest BCUT2D eigenvalue weighted by molar-refractivity contribution is -0.106. The summed E-state index contributed by atoms with van der Waals surface area (Å²) in [6.45, 7) is 1.93. The quantitative estimate of drug-likeness (QED) is 0.521. The SMILES string of the molecule is Cc1cc(Br)ccc1N(C(=O)N(C=O)c1ccccc1)c1ccccc1. The molecule has 0 saturated heterocycles. The molecule has 0 unspecified atom stereocenters. The van der Waals surface area contributed by atoms with Gasteiger partial charge in [-0.2, -0.15) is 0 Å². The fourth-order valence-electron chi connectivity index (χ4n) is 2.71. The lowest BCUT2D eigenvalue weighted by Gasteiger charge is -2.28. The highest BCUT2D eigenvalue weighted by Crippen LogP contribution is 2.32.